The molecule has 0 bridgehead atoms. The van der Waals surface area contributed by atoms with E-state index in [9.17, 15) is 0 Å². The van der Waals surface area contributed by atoms with Crippen molar-refractivity contribution >= 4 is 22.6 Å². The number of nitrogens with zero attached hydrogens (tertiary/aromatic N) is 3. The molecule has 1 aromatic heterocycles. The van der Waals surface area contributed by atoms with Crippen molar-refractivity contribution in [3.05, 3.63) is 58.9 Å². The summed E-state index contributed by atoms with van der Waals surface area (Å²) in [6.07, 6.45) is 2.45. The standard InChI is InChI=1S/C20H24N4S/c1-13-11-18(19-12-25-20(23-22-19)21-17-9-10-17)15(3)24(13)14(2)16-7-5-4-6-8-16/h4-8,11,14,17H,9-10,12H2,1-3H3,(H,21,23). The molecule has 1 saturated carbocycles. The van der Waals surface area contributed by atoms with Crippen LogP contribution in [0.5, 0.6) is 0 Å². The molecule has 0 spiro atoms. The fourth-order valence-electron chi connectivity index (χ4n) is 3.44. The normalized spacial score (nSPS) is 20.3. The summed E-state index contributed by atoms with van der Waals surface area (Å²) in [7, 11) is 0. The largest absolute Gasteiger partial charge is 0.341 e. The number of aliphatic imine (C=N–C) groups is 1. The number of aryl methyl sites for hydroxylation is 1. The summed E-state index contributed by atoms with van der Waals surface area (Å²) in [5, 5.41) is 5.58. The van der Waals surface area contributed by atoms with E-state index in [1.54, 1.807) is 11.8 Å². The second-order valence-corrected chi connectivity index (χ2v) is 7.83. The molecule has 2 aliphatic rings. The lowest BCUT2D eigenvalue weighted by Crippen LogP contribution is -2.26. The predicted octanol–water partition coefficient (Wildman–Crippen LogP) is 4.27. The Hall–Kier alpha value is -2.01. The molecule has 1 aliphatic carbocycles. The first kappa shape index (κ1) is 16.5. The van der Waals surface area contributed by atoms with Crippen LogP contribution in [0.25, 0.3) is 0 Å². The minimum atomic E-state index is 0.312. The molecule has 4 rings (SSSR count). The maximum Gasteiger partial charge on any atom is 0.177 e. The predicted molar refractivity (Wildman–Crippen MR) is 107 cm³/mol. The fourth-order valence-corrected chi connectivity index (χ4v) is 4.26. The van der Waals surface area contributed by atoms with E-state index in [1.807, 2.05) is 0 Å². The van der Waals surface area contributed by atoms with Gasteiger partial charge in [-0.05, 0) is 45.2 Å². The summed E-state index contributed by atoms with van der Waals surface area (Å²) >= 11 is 1.76. The summed E-state index contributed by atoms with van der Waals surface area (Å²) in [5.74, 6) is 0.878. The number of hydrazone groups is 1. The van der Waals surface area contributed by atoms with E-state index in [-0.39, 0.29) is 0 Å². The van der Waals surface area contributed by atoms with E-state index in [0.717, 1.165) is 16.6 Å². The third-order valence-electron chi connectivity index (χ3n) is 4.94. The first-order valence-corrected chi connectivity index (χ1v) is 9.89. The Kier molecular flexibility index (Phi) is 4.42. The van der Waals surface area contributed by atoms with Crippen molar-refractivity contribution in [1.82, 2.24) is 9.99 Å². The van der Waals surface area contributed by atoms with Crippen LogP contribution >= 0.6 is 11.8 Å². The van der Waals surface area contributed by atoms with E-state index >= 15 is 0 Å². The van der Waals surface area contributed by atoms with E-state index in [4.69, 9.17) is 0 Å². The molecule has 1 unspecified atom stereocenters. The molecule has 1 N–H and O–H groups in total. The Morgan fingerprint density at radius 3 is 2.64 bits per heavy atom. The topological polar surface area (TPSA) is 41.7 Å². The summed E-state index contributed by atoms with van der Waals surface area (Å²) in [6.45, 7) is 6.64. The van der Waals surface area contributed by atoms with E-state index in [1.165, 1.54) is 35.4 Å². The van der Waals surface area contributed by atoms with Gasteiger partial charge in [0.2, 0.25) is 0 Å². The maximum absolute atomic E-state index is 4.64. The van der Waals surface area contributed by atoms with Crippen molar-refractivity contribution in [2.24, 2.45) is 10.1 Å². The van der Waals surface area contributed by atoms with Crippen LogP contribution in [0.15, 0.2) is 46.5 Å². The highest BCUT2D eigenvalue weighted by Crippen LogP contribution is 2.28. The van der Waals surface area contributed by atoms with Gasteiger partial charge < -0.3 is 4.57 Å². The summed E-state index contributed by atoms with van der Waals surface area (Å²) in [6, 6.07) is 13.8. The second-order valence-electron chi connectivity index (χ2n) is 6.87. The lowest BCUT2D eigenvalue weighted by atomic mass is 10.1. The van der Waals surface area contributed by atoms with Gasteiger partial charge in [0.05, 0.1) is 17.8 Å². The monoisotopic (exact) mass is 352 g/mol. The first-order chi connectivity index (χ1) is 12.1. The zero-order valence-corrected chi connectivity index (χ0v) is 15.8. The molecule has 0 radical (unpaired) electrons. The zero-order valence-electron chi connectivity index (χ0n) is 15.0. The van der Waals surface area contributed by atoms with Gasteiger partial charge in [0.1, 0.15) is 0 Å². The highest BCUT2D eigenvalue weighted by Gasteiger charge is 2.24. The van der Waals surface area contributed by atoms with Crippen molar-refractivity contribution in [1.29, 1.82) is 0 Å². The molecule has 25 heavy (non-hydrogen) atoms. The number of nitrogens with one attached hydrogen (secondary N) is 1. The van der Waals surface area contributed by atoms with Gasteiger partial charge in [0, 0.05) is 22.7 Å². The average molecular weight is 353 g/mol. The van der Waals surface area contributed by atoms with Crippen molar-refractivity contribution in [3.63, 3.8) is 0 Å². The van der Waals surface area contributed by atoms with Crippen LogP contribution < -0.4 is 5.43 Å². The van der Waals surface area contributed by atoms with Crippen LogP contribution in [0.4, 0.5) is 0 Å². The van der Waals surface area contributed by atoms with Gasteiger partial charge in [0.15, 0.2) is 5.17 Å². The number of hydrogen-bond acceptors (Lipinski definition) is 3. The second kappa shape index (κ2) is 6.71. The molecule has 5 heteroatoms. The Labute approximate surface area is 153 Å². The van der Waals surface area contributed by atoms with Crippen LogP contribution in [-0.2, 0) is 0 Å². The molecule has 0 saturated heterocycles. The quantitative estimate of drug-likeness (QED) is 0.893. The Balaban J connectivity index is 1.61. The number of hydrogen-bond donors (Lipinski definition) is 1. The smallest absolute Gasteiger partial charge is 0.177 e. The van der Waals surface area contributed by atoms with Gasteiger partial charge in [-0.15, -0.1) is 0 Å². The van der Waals surface area contributed by atoms with Crippen LogP contribution in [0.2, 0.25) is 0 Å². The van der Waals surface area contributed by atoms with Crippen LogP contribution in [0.3, 0.4) is 0 Å². The highest BCUT2D eigenvalue weighted by atomic mass is 32.2. The van der Waals surface area contributed by atoms with Gasteiger partial charge >= 0.3 is 0 Å². The van der Waals surface area contributed by atoms with Crippen molar-refractivity contribution in [2.45, 2.75) is 45.7 Å². The molecule has 4 nitrogen and oxygen atoms in total. The molecule has 1 aliphatic heterocycles. The Morgan fingerprint density at radius 1 is 1.24 bits per heavy atom. The highest BCUT2D eigenvalue weighted by molar-refractivity contribution is 8.14. The molecule has 1 fully saturated rings. The molecular weight excluding hydrogens is 328 g/mol. The van der Waals surface area contributed by atoms with E-state index in [0.29, 0.717) is 12.1 Å². The van der Waals surface area contributed by atoms with E-state index in [2.05, 4.69) is 77.3 Å². The lowest BCUT2D eigenvalue weighted by molar-refractivity contribution is 0.610. The molecule has 2 heterocycles. The lowest BCUT2D eigenvalue weighted by Gasteiger charge is -2.20. The molecular formula is C20H24N4S. The third-order valence-corrected chi connectivity index (χ3v) is 5.83. The van der Waals surface area contributed by atoms with Crippen LogP contribution in [-0.4, -0.2) is 27.2 Å². The fraction of sp³-hybridized carbons (Fsp3) is 0.400. The van der Waals surface area contributed by atoms with Crippen molar-refractivity contribution < 1.29 is 0 Å². The minimum Gasteiger partial charge on any atom is -0.341 e. The number of rotatable bonds is 4. The zero-order chi connectivity index (χ0) is 17.4. The summed E-state index contributed by atoms with van der Waals surface area (Å²) < 4.78 is 2.41. The van der Waals surface area contributed by atoms with Crippen LogP contribution in [0, 0.1) is 13.8 Å². The van der Waals surface area contributed by atoms with Gasteiger partial charge in [-0.3, -0.25) is 10.4 Å². The Morgan fingerprint density at radius 2 is 2.00 bits per heavy atom. The van der Waals surface area contributed by atoms with E-state index < -0.39 is 0 Å². The van der Waals surface area contributed by atoms with Gasteiger partial charge in [-0.1, -0.05) is 42.1 Å². The van der Waals surface area contributed by atoms with Gasteiger partial charge in [0.25, 0.3) is 0 Å². The molecule has 2 aromatic rings. The minimum absolute atomic E-state index is 0.312. The average Bonchev–Trinajstić information content (AvgIpc) is 3.40. The number of aromatic nitrogens is 1. The molecule has 0 amide bonds. The number of thioether (sulfide) groups is 1. The number of amidine groups is 1. The number of benzene rings is 1. The van der Waals surface area contributed by atoms with Crippen LogP contribution in [0.1, 0.15) is 48.3 Å². The molecule has 1 atom stereocenters. The molecule has 1 aromatic carbocycles. The van der Waals surface area contributed by atoms with Gasteiger partial charge in [-0.25, -0.2) is 0 Å². The maximum atomic E-state index is 4.64. The first-order valence-electron chi connectivity index (χ1n) is 8.90. The van der Waals surface area contributed by atoms with Crippen molar-refractivity contribution in [2.75, 3.05) is 5.75 Å². The third kappa shape index (κ3) is 3.38. The van der Waals surface area contributed by atoms with Gasteiger partial charge in [-0.2, -0.15) is 5.10 Å². The SMILES string of the molecule is Cc1cc(C2=NNC(=NC3CC3)SC2)c(C)n1C(C)c1ccccc1. The Bertz CT molecular complexity index is 831. The summed E-state index contributed by atoms with van der Waals surface area (Å²) in [5.41, 5.74) is 9.37. The van der Waals surface area contributed by atoms with Crippen molar-refractivity contribution in [3.8, 4) is 0 Å². The molecule has 130 valence electrons. The summed E-state index contributed by atoms with van der Waals surface area (Å²) in [4.78, 5) is 4.64.